The largest absolute Gasteiger partial charge is 0.454 e. The van der Waals surface area contributed by atoms with Crippen molar-refractivity contribution < 1.29 is 13.9 Å². The fourth-order valence-corrected chi connectivity index (χ4v) is 2.88. The number of rotatable bonds is 4. The van der Waals surface area contributed by atoms with E-state index in [1.54, 1.807) is 6.07 Å². The first-order chi connectivity index (χ1) is 11.1. The van der Waals surface area contributed by atoms with Gasteiger partial charge in [0.25, 0.3) is 0 Å². The van der Waals surface area contributed by atoms with Gasteiger partial charge in [-0.1, -0.05) is 35.3 Å². The van der Waals surface area contributed by atoms with Crippen LogP contribution in [0.25, 0.3) is 0 Å². The molecule has 0 bridgehead atoms. The Morgan fingerprint density at radius 2 is 2.04 bits per heavy atom. The van der Waals surface area contributed by atoms with Crippen LogP contribution in [0.5, 0.6) is 11.5 Å². The highest BCUT2D eigenvalue weighted by Gasteiger charge is 2.19. The van der Waals surface area contributed by atoms with E-state index >= 15 is 0 Å². The molecule has 0 amide bonds. The monoisotopic (exact) mass is 391 g/mol. The van der Waals surface area contributed by atoms with Crippen molar-refractivity contribution in [2.45, 2.75) is 12.5 Å². The molecule has 0 spiro atoms. The summed E-state index contributed by atoms with van der Waals surface area (Å²) in [6.45, 7) is 2.30. The number of hydrogen-bond acceptors (Lipinski definition) is 3. The van der Waals surface area contributed by atoms with Gasteiger partial charge in [-0.25, -0.2) is 4.39 Å². The second-order valence-corrected chi connectivity index (χ2v) is 6.12. The molecular formula is C17H17Cl3FNO2. The van der Waals surface area contributed by atoms with E-state index in [1.807, 2.05) is 12.1 Å². The molecule has 1 N–H and O–H groups in total. The fraction of sp³-hybridized carbons (Fsp3) is 0.294. The van der Waals surface area contributed by atoms with Gasteiger partial charge in [0.05, 0.1) is 22.8 Å². The normalized spacial score (nSPS) is 17.2. The van der Waals surface area contributed by atoms with E-state index in [4.69, 9.17) is 32.7 Å². The maximum atomic E-state index is 13.4. The maximum Gasteiger partial charge on any atom is 0.149 e. The van der Waals surface area contributed by atoms with Crippen LogP contribution in [0.2, 0.25) is 10.0 Å². The molecule has 2 aromatic carbocycles. The minimum Gasteiger partial charge on any atom is -0.454 e. The summed E-state index contributed by atoms with van der Waals surface area (Å²) in [4.78, 5) is 0. The molecule has 0 saturated carbocycles. The summed E-state index contributed by atoms with van der Waals surface area (Å²) in [5, 5.41) is 4.06. The first kappa shape index (κ1) is 19.3. The van der Waals surface area contributed by atoms with Crippen molar-refractivity contribution in [3.05, 3.63) is 57.8 Å². The molecule has 1 atom stereocenters. The van der Waals surface area contributed by atoms with Crippen LogP contribution in [0.3, 0.4) is 0 Å². The van der Waals surface area contributed by atoms with Gasteiger partial charge in [-0.05, 0) is 23.8 Å². The van der Waals surface area contributed by atoms with Gasteiger partial charge in [0.2, 0.25) is 0 Å². The molecule has 7 heteroatoms. The number of nitrogens with one attached hydrogen (secondary N) is 1. The van der Waals surface area contributed by atoms with E-state index in [9.17, 15) is 4.39 Å². The Morgan fingerprint density at radius 1 is 1.21 bits per heavy atom. The van der Waals surface area contributed by atoms with Gasteiger partial charge in [0, 0.05) is 25.6 Å². The van der Waals surface area contributed by atoms with Gasteiger partial charge in [0.15, 0.2) is 0 Å². The Labute approximate surface area is 156 Å². The standard InChI is InChI=1S/C17H16Cl2FNO2.ClH/c18-14-5-4-12(20)9-16(14)23-17-11(2-1-3-15(17)19)8-13-10-21-6-7-22-13;/h1-5,9,13,21H,6-8,10H2;1H/t13-;/m0./s1. The van der Waals surface area contributed by atoms with E-state index in [-0.39, 0.29) is 24.3 Å². The zero-order chi connectivity index (χ0) is 16.2. The third kappa shape index (κ3) is 4.74. The minimum atomic E-state index is -0.419. The Hall–Kier alpha value is -1.04. The molecule has 2 aromatic rings. The van der Waals surface area contributed by atoms with E-state index in [0.29, 0.717) is 28.8 Å². The van der Waals surface area contributed by atoms with Crippen LogP contribution >= 0.6 is 35.6 Å². The van der Waals surface area contributed by atoms with E-state index in [1.165, 1.54) is 18.2 Å². The molecular weight excluding hydrogens is 376 g/mol. The van der Waals surface area contributed by atoms with Crippen molar-refractivity contribution >= 4 is 35.6 Å². The Kier molecular flexibility index (Phi) is 7.14. The number of para-hydroxylation sites is 1. The summed E-state index contributed by atoms with van der Waals surface area (Å²) >= 11 is 12.3. The minimum absolute atomic E-state index is 0. The summed E-state index contributed by atoms with van der Waals surface area (Å²) in [7, 11) is 0. The van der Waals surface area contributed by atoms with Gasteiger partial charge in [-0.15, -0.1) is 12.4 Å². The van der Waals surface area contributed by atoms with E-state index in [0.717, 1.165) is 18.7 Å². The maximum absolute atomic E-state index is 13.4. The zero-order valence-electron chi connectivity index (χ0n) is 12.7. The lowest BCUT2D eigenvalue weighted by Crippen LogP contribution is -2.39. The molecule has 3 nitrogen and oxygen atoms in total. The first-order valence-corrected chi connectivity index (χ1v) is 8.11. The quantitative estimate of drug-likeness (QED) is 0.804. The third-order valence-corrected chi connectivity index (χ3v) is 4.22. The van der Waals surface area contributed by atoms with Crippen LogP contribution in [0.4, 0.5) is 4.39 Å². The molecule has 1 fully saturated rings. The SMILES string of the molecule is Cl.Fc1ccc(Cl)c(Oc2c(Cl)cccc2C[C@H]2CNCCO2)c1. The smallest absolute Gasteiger partial charge is 0.149 e. The highest BCUT2D eigenvalue weighted by atomic mass is 35.5. The third-order valence-electron chi connectivity index (χ3n) is 3.61. The van der Waals surface area contributed by atoms with Crippen LogP contribution in [-0.2, 0) is 11.2 Å². The number of halogens is 4. The molecule has 0 unspecified atom stereocenters. The van der Waals surface area contributed by atoms with E-state index < -0.39 is 5.82 Å². The Bertz CT molecular complexity index is 694. The molecule has 24 heavy (non-hydrogen) atoms. The summed E-state index contributed by atoms with van der Waals surface area (Å²) in [5.41, 5.74) is 0.895. The van der Waals surface area contributed by atoms with Crippen LogP contribution in [0.15, 0.2) is 36.4 Å². The first-order valence-electron chi connectivity index (χ1n) is 7.36. The molecule has 3 rings (SSSR count). The average molecular weight is 393 g/mol. The second kappa shape index (κ2) is 8.88. The van der Waals surface area contributed by atoms with Crippen molar-refractivity contribution in [2.24, 2.45) is 0 Å². The lowest BCUT2D eigenvalue weighted by Gasteiger charge is -2.24. The van der Waals surface area contributed by atoms with Crippen LogP contribution in [0.1, 0.15) is 5.56 Å². The summed E-state index contributed by atoms with van der Waals surface area (Å²) in [6.07, 6.45) is 0.697. The van der Waals surface area contributed by atoms with Crippen molar-refractivity contribution in [1.82, 2.24) is 5.32 Å². The topological polar surface area (TPSA) is 30.5 Å². The van der Waals surface area contributed by atoms with Gasteiger partial charge in [-0.3, -0.25) is 0 Å². The number of ether oxygens (including phenoxy) is 2. The van der Waals surface area contributed by atoms with Crippen LogP contribution in [0, 0.1) is 5.82 Å². The van der Waals surface area contributed by atoms with Gasteiger partial charge in [0.1, 0.15) is 17.3 Å². The van der Waals surface area contributed by atoms with Crippen molar-refractivity contribution in [3.63, 3.8) is 0 Å². The molecule has 0 aliphatic carbocycles. The van der Waals surface area contributed by atoms with Gasteiger partial charge >= 0.3 is 0 Å². The fourth-order valence-electron chi connectivity index (χ4n) is 2.49. The Morgan fingerprint density at radius 3 is 2.79 bits per heavy atom. The molecule has 1 aliphatic heterocycles. The van der Waals surface area contributed by atoms with Gasteiger partial charge in [-0.2, -0.15) is 0 Å². The molecule has 0 radical (unpaired) electrons. The predicted molar refractivity (Wildman–Crippen MR) is 96.5 cm³/mol. The lowest BCUT2D eigenvalue weighted by molar-refractivity contribution is 0.0290. The van der Waals surface area contributed by atoms with Crippen molar-refractivity contribution in [2.75, 3.05) is 19.7 Å². The van der Waals surface area contributed by atoms with Gasteiger partial charge < -0.3 is 14.8 Å². The van der Waals surface area contributed by atoms with Crippen LogP contribution in [-0.4, -0.2) is 25.8 Å². The highest BCUT2D eigenvalue weighted by molar-refractivity contribution is 6.33. The molecule has 1 heterocycles. The number of hydrogen-bond donors (Lipinski definition) is 1. The summed E-state index contributed by atoms with van der Waals surface area (Å²) in [6, 6.07) is 9.49. The number of benzene rings is 2. The van der Waals surface area contributed by atoms with Crippen LogP contribution < -0.4 is 10.1 Å². The molecule has 0 aromatic heterocycles. The summed E-state index contributed by atoms with van der Waals surface area (Å²) < 4.78 is 25.0. The second-order valence-electron chi connectivity index (χ2n) is 5.31. The molecule has 1 aliphatic rings. The summed E-state index contributed by atoms with van der Waals surface area (Å²) in [5.74, 6) is 0.303. The Balaban J connectivity index is 0.00000208. The molecule has 1 saturated heterocycles. The predicted octanol–water partition coefficient (Wildman–Crippen LogP) is 4.88. The number of morpholine rings is 1. The van der Waals surface area contributed by atoms with Crippen molar-refractivity contribution in [1.29, 1.82) is 0 Å². The highest BCUT2D eigenvalue weighted by Crippen LogP contribution is 2.37. The zero-order valence-corrected chi connectivity index (χ0v) is 15.1. The van der Waals surface area contributed by atoms with E-state index in [2.05, 4.69) is 5.32 Å². The average Bonchev–Trinajstić information content (AvgIpc) is 2.55. The lowest BCUT2D eigenvalue weighted by atomic mass is 10.1. The molecule has 130 valence electrons. The van der Waals surface area contributed by atoms with Crippen molar-refractivity contribution in [3.8, 4) is 11.5 Å².